The number of Topliss-reactive ketones (excluding diaryl/α,β-unsaturated/α-hetero) is 1. The predicted octanol–water partition coefficient (Wildman–Crippen LogP) is 3.62. The number of hydrogen-bond donors (Lipinski definition) is 2. The fourth-order valence-electron chi connectivity index (χ4n) is 3.22. The summed E-state index contributed by atoms with van der Waals surface area (Å²) in [5, 5.41) is 5.89. The number of ketones is 1. The molecule has 1 aliphatic heterocycles. The lowest BCUT2D eigenvalue weighted by atomic mass is 10.0. The summed E-state index contributed by atoms with van der Waals surface area (Å²) < 4.78 is 0. The van der Waals surface area contributed by atoms with Gasteiger partial charge in [0.2, 0.25) is 0 Å². The molecule has 0 aliphatic carbocycles. The third-order valence-corrected chi connectivity index (χ3v) is 4.95. The summed E-state index contributed by atoms with van der Waals surface area (Å²) in [5.74, 6) is -0.120. The van der Waals surface area contributed by atoms with Gasteiger partial charge >= 0.3 is 6.03 Å². The number of anilines is 1. The van der Waals surface area contributed by atoms with Crippen LogP contribution < -0.4 is 10.6 Å². The van der Waals surface area contributed by atoms with Crippen molar-refractivity contribution < 1.29 is 14.4 Å². The number of aryl methyl sites for hydroxylation is 1. The molecule has 3 rings (SSSR count). The summed E-state index contributed by atoms with van der Waals surface area (Å²) in [4.78, 5) is 38.0. The van der Waals surface area contributed by atoms with Gasteiger partial charge in [-0.25, -0.2) is 4.79 Å². The lowest BCUT2D eigenvalue weighted by molar-refractivity contribution is 0.0918. The molecule has 0 aromatic heterocycles. The number of piperidine rings is 1. The summed E-state index contributed by atoms with van der Waals surface area (Å²) in [6.07, 6.45) is 1.41. The highest BCUT2D eigenvalue weighted by Gasteiger charge is 2.24. The highest BCUT2D eigenvalue weighted by atomic mass is 16.2. The van der Waals surface area contributed by atoms with Gasteiger partial charge in [-0.15, -0.1) is 0 Å². The van der Waals surface area contributed by atoms with Crippen LogP contribution in [0.25, 0.3) is 0 Å². The Morgan fingerprint density at radius 1 is 0.964 bits per heavy atom. The number of carbonyl (C=O) groups is 3. The quantitative estimate of drug-likeness (QED) is 0.797. The fraction of sp³-hybridized carbons (Fsp3) is 0.318. The van der Waals surface area contributed by atoms with Gasteiger partial charge in [-0.05, 0) is 51.0 Å². The van der Waals surface area contributed by atoms with Crippen LogP contribution in [0.1, 0.15) is 46.0 Å². The maximum atomic E-state index is 12.5. The van der Waals surface area contributed by atoms with E-state index in [1.165, 1.54) is 6.92 Å². The molecule has 1 heterocycles. The average molecular weight is 379 g/mol. The first-order valence-corrected chi connectivity index (χ1v) is 9.47. The molecule has 2 N–H and O–H groups in total. The van der Waals surface area contributed by atoms with Crippen molar-refractivity contribution >= 4 is 23.4 Å². The monoisotopic (exact) mass is 379 g/mol. The average Bonchev–Trinajstić information content (AvgIpc) is 2.69. The molecule has 2 aromatic rings. The highest BCUT2D eigenvalue weighted by Crippen LogP contribution is 2.16. The van der Waals surface area contributed by atoms with E-state index in [4.69, 9.17) is 0 Å². The summed E-state index contributed by atoms with van der Waals surface area (Å²) in [6, 6.07) is 14.3. The molecule has 6 nitrogen and oxygen atoms in total. The van der Waals surface area contributed by atoms with E-state index >= 15 is 0 Å². The van der Waals surface area contributed by atoms with Crippen LogP contribution >= 0.6 is 0 Å². The molecule has 6 heteroatoms. The Hall–Kier alpha value is -3.15. The number of urea groups is 1. The maximum Gasteiger partial charge on any atom is 0.321 e. The molecular weight excluding hydrogens is 354 g/mol. The molecule has 1 aliphatic rings. The second-order valence-electron chi connectivity index (χ2n) is 7.17. The van der Waals surface area contributed by atoms with E-state index in [0.717, 1.165) is 5.56 Å². The zero-order valence-corrected chi connectivity index (χ0v) is 16.2. The SMILES string of the molecule is CC(=O)c1cccc(NC(=O)N2CCC(NC(=O)c3ccc(C)cc3)CC2)c1. The third-order valence-electron chi connectivity index (χ3n) is 4.95. The van der Waals surface area contributed by atoms with Crippen LogP contribution in [0.3, 0.4) is 0 Å². The number of nitrogens with one attached hydrogen (secondary N) is 2. The number of benzene rings is 2. The zero-order valence-electron chi connectivity index (χ0n) is 16.2. The number of rotatable bonds is 4. The van der Waals surface area contributed by atoms with Crippen molar-refractivity contribution in [3.63, 3.8) is 0 Å². The highest BCUT2D eigenvalue weighted by molar-refractivity contribution is 5.97. The molecule has 2 aromatic carbocycles. The van der Waals surface area contributed by atoms with Gasteiger partial charge in [-0.2, -0.15) is 0 Å². The molecule has 3 amide bonds. The molecule has 0 unspecified atom stereocenters. The van der Waals surface area contributed by atoms with Crippen molar-refractivity contribution in [1.82, 2.24) is 10.2 Å². The van der Waals surface area contributed by atoms with Crippen molar-refractivity contribution in [1.29, 1.82) is 0 Å². The Morgan fingerprint density at radius 2 is 1.64 bits per heavy atom. The largest absolute Gasteiger partial charge is 0.349 e. The van der Waals surface area contributed by atoms with Crippen LogP contribution in [0.15, 0.2) is 48.5 Å². The summed E-state index contributed by atoms with van der Waals surface area (Å²) in [5.41, 5.74) is 2.93. The second kappa shape index (κ2) is 8.69. The molecular formula is C22H25N3O3. The molecule has 0 saturated carbocycles. The predicted molar refractivity (Wildman–Crippen MR) is 109 cm³/mol. The van der Waals surface area contributed by atoms with Crippen molar-refractivity contribution in [2.75, 3.05) is 18.4 Å². The van der Waals surface area contributed by atoms with Gasteiger partial charge in [0, 0.05) is 35.9 Å². The number of carbonyl (C=O) groups excluding carboxylic acids is 3. The first-order valence-electron chi connectivity index (χ1n) is 9.47. The van der Waals surface area contributed by atoms with E-state index in [-0.39, 0.29) is 23.8 Å². The standard InChI is InChI=1S/C22H25N3O3/c1-15-6-8-17(9-7-15)21(27)23-19-10-12-25(13-11-19)22(28)24-20-5-3-4-18(14-20)16(2)26/h3-9,14,19H,10-13H2,1-2H3,(H,23,27)(H,24,28). The number of hydrogen-bond acceptors (Lipinski definition) is 3. The van der Waals surface area contributed by atoms with E-state index in [9.17, 15) is 14.4 Å². The van der Waals surface area contributed by atoms with Crippen LogP contribution in [0.5, 0.6) is 0 Å². The van der Waals surface area contributed by atoms with Gasteiger partial charge in [0.15, 0.2) is 5.78 Å². The first-order chi connectivity index (χ1) is 13.4. The molecule has 0 spiro atoms. The number of nitrogens with zero attached hydrogens (tertiary/aromatic N) is 1. The zero-order chi connectivity index (χ0) is 20.1. The second-order valence-corrected chi connectivity index (χ2v) is 7.17. The molecule has 1 saturated heterocycles. The van der Waals surface area contributed by atoms with Crippen molar-refractivity contribution in [3.8, 4) is 0 Å². The van der Waals surface area contributed by atoms with Gasteiger partial charge in [0.25, 0.3) is 5.91 Å². The van der Waals surface area contributed by atoms with Crippen LogP contribution in [0.4, 0.5) is 10.5 Å². The molecule has 1 fully saturated rings. The molecule has 146 valence electrons. The lowest BCUT2D eigenvalue weighted by Gasteiger charge is -2.32. The van der Waals surface area contributed by atoms with Crippen molar-refractivity contribution in [2.45, 2.75) is 32.7 Å². The summed E-state index contributed by atoms with van der Waals surface area (Å²) >= 11 is 0. The van der Waals surface area contributed by atoms with Gasteiger partial charge in [0.1, 0.15) is 0 Å². The van der Waals surface area contributed by atoms with E-state index in [1.54, 1.807) is 29.2 Å². The van der Waals surface area contributed by atoms with Crippen LogP contribution in [-0.4, -0.2) is 41.8 Å². The Kier molecular flexibility index (Phi) is 6.09. The van der Waals surface area contributed by atoms with Crippen molar-refractivity contribution in [3.05, 3.63) is 65.2 Å². The summed E-state index contributed by atoms with van der Waals surface area (Å²) in [7, 11) is 0. The molecule has 0 radical (unpaired) electrons. The minimum Gasteiger partial charge on any atom is -0.349 e. The Morgan fingerprint density at radius 3 is 2.29 bits per heavy atom. The number of likely N-dealkylation sites (tertiary alicyclic amines) is 1. The van der Waals surface area contributed by atoms with E-state index < -0.39 is 0 Å². The summed E-state index contributed by atoms with van der Waals surface area (Å²) in [6.45, 7) is 4.61. The topological polar surface area (TPSA) is 78.5 Å². The normalized spacial score (nSPS) is 14.4. The van der Waals surface area contributed by atoms with Crippen LogP contribution in [0.2, 0.25) is 0 Å². The van der Waals surface area contributed by atoms with Gasteiger partial charge < -0.3 is 15.5 Å². The van der Waals surface area contributed by atoms with Crippen LogP contribution in [0, 0.1) is 6.92 Å². The molecule has 28 heavy (non-hydrogen) atoms. The van der Waals surface area contributed by atoms with E-state index in [0.29, 0.717) is 42.7 Å². The molecule has 0 bridgehead atoms. The Labute approximate surface area is 164 Å². The lowest BCUT2D eigenvalue weighted by Crippen LogP contribution is -2.47. The first kappa shape index (κ1) is 19.6. The smallest absolute Gasteiger partial charge is 0.321 e. The van der Waals surface area contributed by atoms with Crippen molar-refractivity contribution in [2.24, 2.45) is 0 Å². The van der Waals surface area contributed by atoms with E-state index in [1.807, 2.05) is 31.2 Å². The minimum atomic E-state index is -0.191. The Balaban J connectivity index is 1.50. The maximum absolute atomic E-state index is 12.5. The van der Waals surface area contributed by atoms with Gasteiger partial charge in [0.05, 0.1) is 0 Å². The molecule has 0 atom stereocenters. The third kappa shape index (κ3) is 4.97. The van der Waals surface area contributed by atoms with Gasteiger partial charge in [-0.3, -0.25) is 9.59 Å². The van der Waals surface area contributed by atoms with Crippen LogP contribution in [-0.2, 0) is 0 Å². The fourth-order valence-corrected chi connectivity index (χ4v) is 3.22. The number of amides is 3. The van der Waals surface area contributed by atoms with Gasteiger partial charge in [-0.1, -0.05) is 29.8 Å². The minimum absolute atomic E-state index is 0.0405. The van der Waals surface area contributed by atoms with E-state index in [2.05, 4.69) is 10.6 Å². The Bertz CT molecular complexity index is 869.